The number of carbonyl (C=O) groups excluding carboxylic acids is 1. The Morgan fingerprint density at radius 1 is 0.760 bits per heavy atom. The third kappa shape index (κ3) is 15.8. The van der Waals surface area contributed by atoms with Gasteiger partial charge >= 0.3 is 5.97 Å². The van der Waals surface area contributed by atoms with Crippen LogP contribution in [-0.4, -0.2) is 25.8 Å². The van der Waals surface area contributed by atoms with Gasteiger partial charge in [-0.25, -0.2) is 14.6 Å². The van der Waals surface area contributed by atoms with E-state index in [9.17, 15) is 4.79 Å². The summed E-state index contributed by atoms with van der Waals surface area (Å²) >= 11 is 0. The Kier molecular flexibility index (Phi) is 17.8. The fourth-order valence-electron chi connectivity index (χ4n) is 1.44. The zero-order chi connectivity index (χ0) is 18.6. The quantitative estimate of drug-likeness (QED) is 0.280. The highest BCUT2D eigenvalue weighted by atomic mass is 17.5. The lowest BCUT2D eigenvalue weighted by atomic mass is 10.2. The summed E-state index contributed by atoms with van der Waals surface area (Å²) in [6, 6.07) is 8.58. The van der Waals surface area contributed by atoms with E-state index in [2.05, 4.69) is 28.7 Å². The minimum Gasteiger partial charge on any atom is -0.263 e. The van der Waals surface area contributed by atoms with Gasteiger partial charge in [-0.3, -0.25) is 4.89 Å². The SMILES string of the molecule is CCCCOOCCCC.CCCCOOOC(=O)c1ccccc1. The van der Waals surface area contributed by atoms with Crippen LogP contribution in [0.2, 0.25) is 0 Å². The van der Waals surface area contributed by atoms with Crippen LogP contribution in [0.3, 0.4) is 0 Å². The lowest BCUT2D eigenvalue weighted by Crippen LogP contribution is -2.07. The molecule has 1 aromatic carbocycles. The first-order chi connectivity index (χ1) is 12.3. The number of benzene rings is 1. The van der Waals surface area contributed by atoms with Gasteiger partial charge in [-0.2, -0.15) is 4.89 Å². The molecule has 0 aliphatic carbocycles. The molecule has 0 heterocycles. The second-order valence-corrected chi connectivity index (χ2v) is 5.33. The zero-order valence-corrected chi connectivity index (χ0v) is 15.7. The van der Waals surface area contributed by atoms with Crippen LogP contribution in [0.1, 0.15) is 69.7 Å². The Labute approximate surface area is 151 Å². The molecule has 0 aliphatic heterocycles. The van der Waals surface area contributed by atoms with Crippen LogP contribution in [0.4, 0.5) is 0 Å². The molecular formula is C19H32O6. The molecule has 6 heteroatoms. The number of hydrogen-bond acceptors (Lipinski definition) is 6. The molecule has 1 aromatic rings. The Morgan fingerprint density at radius 2 is 1.24 bits per heavy atom. The maximum atomic E-state index is 11.3. The van der Waals surface area contributed by atoms with Crippen molar-refractivity contribution >= 4 is 5.97 Å². The average Bonchev–Trinajstić information content (AvgIpc) is 2.65. The Bertz CT molecular complexity index is 388. The summed E-state index contributed by atoms with van der Waals surface area (Å²) < 4.78 is 0. The lowest BCUT2D eigenvalue weighted by molar-refractivity contribution is -0.481. The van der Waals surface area contributed by atoms with Crippen molar-refractivity contribution in [2.45, 2.75) is 59.3 Å². The largest absolute Gasteiger partial charge is 0.376 e. The van der Waals surface area contributed by atoms with Crippen molar-refractivity contribution < 1.29 is 29.4 Å². The summed E-state index contributed by atoms with van der Waals surface area (Å²) in [5.74, 6) is -0.563. The van der Waals surface area contributed by atoms with Crippen LogP contribution in [0.5, 0.6) is 0 Å². The van der Waals surface area contributed by atoms with E-state index in [1.54, 1.807) is 24.3 Å². The second-order valence-electron chi connectivity index (χ2n) is 5.33. The first kappa shape index (κ1) is 23.5. The molecule has 0 saturated carbocycles. The van der Waals surface area contributed by atoms with Crippen LogP contribution in [0.15, 0.2) is 30.3 Å². The molecular weight excluding hydrogens is 324 g/mol. The van der Waals surface area contributed by atoms with E-state index in [0.29, 0.717) is 12.2 Å². The first-order valence-electron chi connectivity index (χ1n) is 9.06. The van der Waals surface area contributed by atoms with Crippen molar-refractivity contribution in [3.05, 3.63) is 35.9 Å². The summed E-state index contributed by atoms with van der Waals surface area (Å²) in [5.41, 5.74) is 0.427. The molecule has 0 radical (unpaired) electrons. The van der Waals surface area contributed by atoms with Crippen molar-refractivity contribution in [3.63, 3.8) is 0 Å². The minimum atomic E-state index is -0.563. The molecule has 6 nitrogen and oxygen atoms in total. The van der Waals surface area contributed by atoms with Gasteiger partial charge in [-0.1, -0.05) is 58.2 Å². The third-order valence-corrected chi connectivity index (χ3v) is 2.99. The summed E-state index contributed by atoms with van der Waals surface area (Å²) in [7, 11) is 0. The molecule has 1 rings (SSSR count). The molecule has 0 saturated heterocycles. The molecule has 0 bridgehead atoms. The second kappa shape index (κ2) is 18.9. The fraction of sp³-hybridized carbons (Fsp3) is 0.632. The van der Waals surface area contributed by atoms with E-state index in [1.165, 1.54) is 0 Å². The third-order valence-electron chi connectivity index (χ3n) is 2.99. The summed E-state index contributed by atoms with van der Waals surface area (Å²) in [6.07, 6.45) is 6.37. The van der Waals surface area contributed by atoms with E-state index >= 15 is 0 Å². The van der Waals surface area contributed by atoms with Crippen LogP contribution in [0, 0.1) is 0 Å². The maximum Gasteiger partial charge on any atom is 0.376 e. The average molecular weight is 356 g/mol. The first-order valence-corrected chi connectivity index (χ1v) is 9.06. The van der Waals surface area contributed by atoms with E-state index < -0.39 is 5.97 Å². The number of hydrogen-bond donors (Lipinski definition) is 0. The molecule has 0 atom stereocenters. The molecule has 25 heavy (non-hydrogen) atoms. The topological polar surface area (TPSA) is 63.2 Å². The molecule has 0 aromatic heterocycles. The van der Waals surface area contributed by atoms with E-state index in [-0.39, 0.29) is 0 Å². The van der Waals surface area contributed by atoms with Gasteiger partial charge in [-0.05, 0) is 36.4 Å². The molecule has 0 N–H and O–H groups in total. The van der Waals surface area contributed by atoms with Gasteiger partial charge in [-0.15, -0.1) is 0 Å². The number of unbranched alkanes of at least 4 members (excludes halogenated alkanes) is 3. The Balaban J connectivity index is 0.000000504. The normalized spacial score (nSPS) is 10.0. The van der Waals surface area contributed by atoms with Gasteiger partial charge in [0.2, 0.25) is 0 Å². The predicted octanol–water partition coefficient (Wildman–Crippen LogP) is 5.04. The molecule has 0 fully saturated rings. The van der Waals surface area contributed by atoms with Gasteiger partial charge in [0.15, 0.2) is 0 Å². The van der Waals surface area contributed by atoms with Gasteiger partial charge in [0.1, 0.15) is 0 Å². The van der Waals surface area contributed by atoms with E-state index in [1.807, 2.05) is 13.0 Å². The molecule has 0 amide bonds. The number of carbonyl (C=O) groups is 1. The van der Waals surface area contributed by atoms with Gasteiger partial charge in [0, 0.05) is 0 Å². The van der Waals surface area contributed by atoms with Crippen LogP contribution in [0.25, 0.3) is 0 Å². The standard InChI is InChI=1S/C11H14O4.C8H18O2/c1-2-3-9-13-15-14-11(12)10-7-5-4-6-8-10;1-3-5-7-9-10-8-6-4-2/h4-8H,2-3,9H2,1H3;3-8H2,1-2H3. The highest BCUT2D eigenvalue weighted by Gasteiger charge is 2.06. The molecule has 0 unspecified atom stereocenters. The van der Waals surface area contributed by atoms with Crippen molar-refractivity contribution in [1.29, 1.82) is 0 Å². The highest BCUT2D eigenvalue weighted by molar-refractivity contribution is 5.88. The van der Waals surface area contributed by atoms with E-state index in [4.69, 9.17) is 9.78 Å². The van der Waals surface area contributed by atoms with Crippen LogP contribution in [-0.2, 0) is 24.6 Å². The maximum absolute atomic E-state index is 11.3. The number of rotatable bonds is 13. The molecule has 144 valence electrons. The van der Waals surface area contributed by atoms with Crippen molar-refractivity contribution in [2.24, 2.45) is 0 Å². The molecule has 0 aliphatic rings. The van der Waals surface area contributed by atoms with Gasteiger partial charge in [0.05, 0.1) is 25.4 Å². The zero-order valence-electron chi connectivity index (χ0n) is 15.7. The fourth-order valence-corrected chi connectivity index (χ4v) is 1.44. The van der Waals surface area contributed by atoms with Gasteiger partial charge in [0.25, 0.3) is 0 Å². The predicted molar refractivity (Wildman–Crippen MR) is 95.5 cm³/mol. The molecule has 0 spiro atoms. The lowest BCUT2D eigenvalue weighted by Gasteiger charge is -2.01. The Morgan fingerprint density at radius 3 is 1.72 bits per heavy atom. The van der Waals surface area contributed by atoms with Crippen molar-refractivity contribution in [3.8, 4) is 0 Å². The summed E-state index contributed by atoms with van der Waals surface area (Å²) in [6.45, 7) is 8.18. The van der Waals surface area contributed by atoms with Crippen molar-refractivity contribution in [1.82, 2.24) is 0 Å². The van der Waals surface area contributed by atoms with Crippen LogP contribution >= 0.6 is 0 Å². The highest BCUT2D eigenvalue weighted by Crippen LogP contribution is 2.01. The summed E-state index contributed by atoms with van der Waals surface area (Å²) in [4.78, 5) is 30.0. The Hall–Kier alpha value is -1.47. The van der Waals surface area contributed by atoms with Gasteiger partial charge < -0.3 is 0 Å². The van der Waals surface area contributed by atoms with Crippen LogP contribution < -0.4 is 0 Å². The van der Waals surface area contributed by atoms with Crippen molar-refractivity contribution in [2.75, 3.05) is 19.8 Å². The monoisotopic (exact) mass is 356 g/mol. The van der Waals surface area contributed by atoms with E-state index in [0.717, 1.165) is 51.7 Å². The minimum absolute atomic E-state index is 0.415. The smallest absolute Gasteiger partial charge is 0.263 e. The summed E-state index contributed by atoms with van der Waals surface area (Å²) in [5, 5.41) is 4.30.